The zero-order valence-electron chi connectivity index (χ0n) is 10.2. The number of nitrogens with zero attached hydrogens (tertiary/aromatic N) is 1. The maximum atomic E-state index is 5.88. The third-order valence-corrected chi connectivity index (χ3v) is 3.85. The van der Waals surface area contributed by atoms with Crippen LogP contribution in [0.5, 0.6) is 5.75 Å². The van der Waals surface area contributed by atoms with E-state index in [0.29, 0.717) is 11.7 Å². The van der Waals surface area contributed by atoms with Crippen molar-refractivity contribution in [3.8, 4) is 5.75 Å². The van der Waals surface area contributed by atoms with Crippen LogP contribution in [0.2, 0.25) is 0 Å². The topological polar surface area (TPSA) is 38.5 Å². The van der Waals surface area contributed by atoms with E-state index >= 15 is 0 Å². The van der Waals surface area contributed by atoms with Crippen molar-refractivity contribution in [2.75, 3.05) is 25.9 Å². The van der Waals surface area contributed by atoms with Crippen LogP contribution in [0.15, 0.2) is 22.7 Å². The predicted octanol–water partition coefficient (Wildman–Crippen LogP) is 2.89. The minimum Gasteiger partial charge on any atom is -0.491 e. The molecule has 17 heavy (non-hydrogen) atoms. The van der Waals surface area contributed by atoms with Gasteiger partial charge in [-0.3, -0.25) is 0 Å². The van der Waals surface area contributed by atoms with E-state index in [0.717, 1.165) is 23.2 Å². The quantitative estimate of drug-likeness (QED) is 0.869. The zero-order valence-corrected chi connectivity index (χ0v) is 11.7. The molecule has 0 radical (unpaired) electrons. The molecule has 0 bridgehead atoms. The fourth-order valence-corrected chi connectivity index (χ4v) is 2.68. The van der Waals surface area contributed by atoms with Crippen molar-refractivity contribution in [3.05, 3.63) is 22.7 Å². The van der Waals surface area contributed by atoms with Gasteiger partial charge < -0.3 is 15.4 Å². The number of rotatable bonds is 4. The largest absolute Gasteiger partial charge is 0.491 e. The molecule has 1 fully saturated rings. The van der Waals surface area contributed by atoms with Gasteiger partial charge in [-0.05, 0) is 51.1 Å². The summed E-state index contributed by atoms with van der Waals surface area (Å²) in [5, 5.41) is 0. The highest BCUT2D eigenvalue weighted by molar-refractivity contribution is 9.10. The van der Waals surface area contributed by atoms with Crippen LogP contribution >= 0.6 is 15.9 Å². The molecular weight excluding hydrogens is 280 g/mol. The highest BCUT2D eigenvalue weighted by atomic mass is 79.9. The Kier molecular flexibility index (Phi) is 4.29. The molecule has 1 aliphatic heterocycles. The third-order valence-electron chi connectivity index (χ3n) is 3.35. The van der Waals surface area contributed by atoms with Gasteiger partial charge in [0.2, 0.25) is 0 Å². The first-order valence-corrected chi connectivity index (χ1v) is 6.84. The Bertz CT molecular complexity index is 384. The van der Waals surface area contributed by atoms with Crippen LogP contribution in [0.25, 0.3) is 0 Å². The van der Waals surface area contributed by atoms with Crippen molar-refractivity contribution in [3.63, 3.8) is 0 Å². The molecule has 1 aliphatic rings. The highest BCUT2D eigenvalue weighted by Gasteiger charge is 2.20. The molecule has 2 rings (SSSR count). The van der Waals surface area contributed by atoms with E-state index in [1.165, 1.54) is 19.4 Å². The van der Waals surface area contributed by atoms with Gasteiger partial charge in [0.1, 0.15) is 5.75 Å². The fourth-order valence-electron chi connectivity index (χ4n) is 2.30. The van der Waals surface area contributed by atoms with Crippen molar-refractivity contribution in [1.82, 2.24) is 4.90 Å². The lowest BCUT2D eigenvalue weighted by molar-refractivity contribution is 0.234. The lowest BCUT2D eigenvalue weighted by Crippen LogP contribution is -2.26. The van der Waals surface area contributed by atoms with Crippen molar-refractivity contribution in [2.24, 2.45) is 0 Å². The van der Waals surface area contributed by atoms with E-state index < -0.39 is 0 Å². The Morgan fingerprint density at radius 1 is 1.53 bits per heavy atom. The Morgan fingerprint density at radius 3 is 3.00 bits per heavy atom. The average Bonchev–Trinajstić information content (AvgIpc) is 2.68. The number of halogens is 1. The normalized spacial score (nSPS) is 20.7. The number of anilines is 1. The van der Waals surface area contributed by atoms with Crippen molar-refractivity contribution in [2.45, 2.75) is 25.3 Å². The van der Waals surface area contributed by atoms with Crippen LogP contribution in [0.3, 0.4) is 0 Å². The molecule has 0 aliphatic carbocycles. The Morgan fingerprint density at radius 2 is 2.35 bits per heavy atom. The predicted molar refractivity (Wildman–Crippen MR) is 74.3 cm³/mol. The molecule has 1 unspecified atom stereocenters. The van der Waals surface area contributed by atoms with Crippen LogP contribution in [-0.2, 0) is 0 Å². The second-order valence-corrected chi connectivity index (χ2v) is 5.51. The van der Waals surface area contributed by atoms with Gasteiger partial charge in [-0.2, -0.15) is 0 Å². The van der Waals surface area contributed by atoms with Crippen LogP contribution in [-0.4, -0.2) is 31.1 Å². The molecule has 1 saturated heterocycles. The number of hydrogen-bond acceptors (Lipinski definition) is 3. The monoisotopic (exact) mass is 298 g/mol. The molecule has 0 saturated carbocycles. The summed E-state index contributed by atoms with van der Waals surface area (Å²) in [7, 11) is 2.19. The number of ether oxygens (including phenoxy) is 1. The summed E-state index contributed by atoms with van der Waals surface area (Å²) in [6, 6.07) is 6.41. The van der Waals surface area contributed by atoms with Gasteiger partial charge in [0.25, 0.3) is 0 Å². The summed E-state index contributed by atoms with van der Waals surface area (Å²) in [5.74, 6) is 0.786. The number of likely N-dealkylation sites (tertiary alicyclic amines) is 1. The summed E-state index contributed by atoms with van der Waals surface area (Å²) < 4.78 is 6.71. The van der Waals surface area contributed by atoms with Crippen molar-refractivity contribution < 1.29 is 4.74 Å². The van der Waals surface area contributed by atoms with Crippen LogP contribution in [0, 0.1) is 0 Å². The van der Waals surface area contributed by atoms with Gasteiger partial charge in [-0.25, -0.2) is 0 Å². The van der Waals surface area contributed by atoms with Crippen molar-refractivity contribution in [1.29, 1.82) is 0 Å². The van der Waals surface area contributed by atoms with Crippen LogP contribution in [0.1, 0.15) is 19.3 Å². The molecule has 1 aromatic rings. The SMILES string of the molecule is CN1CCCC1CCOc1ccc(Br)cc1N. The van der Waals surface area contributed by atoms with Crippen molar-refractivity contribution >= 4 is 21.6 Å². The first kappa shape index (κ1) is 12.7. The first-order chi connectivity index (χ1) is 8.16. The average molecular weight is 299 g/mol. The van der Waals surface area contributed by atoms with Gasteiger partial charge in [-0.15, -0.1) is 0 Å². The maximum absolute atomic E-state index is 5.88. The number of benzene rings is 1. The van der Waals surface area contributed by atoms with E-state index in [4.69, 9.17) is 10.5 Å². The van der Waals surface area contributed by atoms with Gasteiger partial charge in [-0.1, -0.05) is 15.9 Å². The molecule has 94 valence electrons. The van der Waals surface area contributed by atoms with Gasteiger partial charge in [0.15, 0.2) is 0 Å². The maximum Gasteiger partial charge on any atom is 0.142 e. The van der Waals surface area contributed by atoms with E-state index in [-0.39, 0.29) is 0 Å². The lowest BCUT2D eigenvalue weighted by Gasteiger charge is -2.19. The van der Waals surface area contributed by atoms with Gasteiger partial charge in [0, 0.05) is 10.5 Å². The zero-order chi connectivity index (χ0) is 12.3. The van der Waals surface area contributed by atoms with Gasteiger partial charge >= 0.3 is 0 Å². The number of nitrogens with two attached hydrogens (primary N) is 1. The van der Waals surface area contributed by atoms with E-state index in [1.807, 2.05) is 18.2 Å². The molecule has 0 spiro atoms. The molecule has 2 N–H and O–H groups in total. The molecule has 0 amide bonds. The van der Waals surface area contributed by atoms with Crippen LogP contribution in [0.4, 0.5) is 5.69 Å². The molecule has 1 aromatic carbocycles. The summed E-state index contributed by atoms with van der Waals surface area (Å²) >= 11 is 3.38. The smallest absolute Gasteiger partial charge is 0.142 e. The molecule has 4 heteroatoms. The minimum absolute atomic E-state index is 0.673. The van der Waals surface area contributed by atoms with Gasteiger partial charge in [0.05, 0.1) is 12.3 Å². The molecule has 0 aromatic heterocycles. The second kappa shape index (κ2) is 5.74. The summed E-state index contributed by atoms with van der Waals surface area (Å²) in [5.41, 5.74) is 6.57. The summed E-state index contributed by atoms with van der Waals surface area (Å²) in [4.78, 5) is 2.41. The van der Waals surface area contributed by atoms with E-state index in [1.54, 1.807) is 0 Å². The molecular formula is C13H19BrN2O. The highest BCUT2D eigenvalue weighted by Crippen LogP contribution is 2.26. The lowest BCUT2D eigenvalue weighted by atomic mass is 10.1. The molecule has 1 atom stereocenters. The summed E-state index contributed by atoms with van der Waals surface area (Å²) in [6.45, 7) is 1.95. The summed E-state index contributed by atoms with van der Waals surface area (Å²) in [6.07, 6.45) is 3.67. The Hall–Kier alpha value is -0.740. The Balaban J connectivity index is 1.81. The first-order valence-electron chi connectivity index (χ1n) is 6.05. The van der Waals surface area contributed by atoms with Crippen LogP contribution < -0.4 is 10.5 Å². The minimum atomic E-state index is 0.673. The third kappa shape index (κ3) is 3.36. The number of hydrogen-bond donors (Lipinski definition) is 1. The second-order valence-electron chi connectivity index (χ2n) is 4.60. The number of nitrogen functional groups attached to an aromatic ring is 1. The fraction of sp³-hybridized carbons (Fsp3) is 0.538. The van der Waals surface area contributed by atoms with E-state index in [2.05, 4.69) is 27.9 Å². The Labute approximate surface area is 111 Å². The molecule has 1 heterocycles. The standard InChI is InChI=1S/C13H19BrN2O/c1-16-7-2-3-11(16)6-8-17-13-5-4-10(14)9-12(13)15/h4-5,9,11H,2-3,6-8,15H2,1H3. The molecule has 3 nitrogen and oxygen atoms in total. The van der Waals surface area contributed by atoms with E-state index in [9.17, 15) is 0 Å².